The van der Waals surface area contributed by atoms with Crippen LogP contribution in [0.4, 0.5) is 0 Å². The lowest BCUT2D eigenvalue weighted by Crippen LogP contribution is -1.94. The van der Waals surface area contributed by atoms with Crippen molar-refractivity contribution in [3.63, 3.8) is 0 Å². The number of hydrogen-bond acceptors (Lipinski definition) is 3. The topological polar surface area (TPSA) is 46.5 Å². The molecule has 0 aromatic heterocycles. The van der Waals surface area contributed by atoms with E-state index in [1.165, 1.54) is 0 Å². The molecule has 0 rings (SSSR count). The van der Waals surface area contributed by atoms with E-state index < -0.39 is 9.05 Å². The molecular formula is C2H8O3S2. The quantitative estimate of drug-likeness (QED) is 0.578. The van der Waals surface area contributed by atoms with E-state index in [9.17, 15) is 4.21 Å². The first kappa shape index (κ1) is 10.3. The van der Waals surface area contributed by atoms with Crippen molar-refractivity contribution in [2.24, 2.45) is 0 Å². The first-order chi connectivity index (χ1) is 2.56. The predicted octanol–water partition coefficient (Wildman–Crippen LogP) is 0.403. The molecule has 0 heterocycles. The lowest BCUT2D eigenvalue weighted by molar-refractivity contribution is 0.376. The van der Waals surface area contributed by atoms with Crippen LogP contribution in [0, 0.1) is 0 Å². The molecule has 46 valence electrons. The summed E-state index contributed by atoms with van der Waals surface area (Å²) in [5, 5.41) is 0. The molecule has 0 aliphatic rings. The van der Waals surface area contributed by atoms with Gasteiger partial charge in [0.15, 0.2) is 0 Å². The fraction of sp³-hybridized carbons (Fsp3) is 1.00. The van der Waals surface area contributed by atoms with Gasteiger partial charge in [-0.1, -0.05) is 7.43 Å². The van der Waals surface area contributed by atoms with Crippen molar-refractivity contribution in [2.75, 3.05) is 7.11 Å². The largest absolute Gasteiger partial charge is 0.285 e. The zero-order chi connectivity index (χ0) is 5.21. The Morgan fingerprint density at radius 3 is 2.00 bits per heavy atom. The molecule has 3 nitrogen and oxygen atoms in total. The zero-order valence-electron chi connectivity index (χ0n) is 3.08. The molecule has 0 spiro atoms. The van der Waals surface area contributed by atoms with Gasteiger partial charge in [-0.15, -0.1) is 0 Å². The van der Waals surface area contributed by atoms with Crippen LogP contribution in [0.15, 0.2) is 0 Å². The summed E-state index contributed by atoms with van der Waals surface area (Å²) in [5.74, 6) is 0. The monoisotopic (exact) mass is 144 g/mol. The fourth-order valence-corrected chi connectivity index (χ4v) is 0. The van der Waals surface area contributed by atoms with E-state index in [0.717, 1.165) is 7.11 Å². The van der Waals surface area contributed by atoms with E-state index in [4.69, 9.17) is 4.55 Å². The highest BCUT2D eigenvalue weighted by Gasteiger charge is 1.87. The molecule has 7 heavy (non-hydrogen) atoms. The molecule has 1 N–H and O–H groups in total. The molecular weight excluding hydrogens is 136 g/mol. The minimum atomic E-state index is -3.33. The van der Waals surface area contributed by atoms with Crippen LogP contribution in [-0.2, 0) is 24.4 Å². The molecule has 5 heteroatoms. The third kappa shape index (κ3) is 10.7. The van der Waals surface area contributed by atoms with Gasteiger partial charge in [-0.05, 0) is 0 Å². The molecule has 0 radical (unpaired) electrons. The summed E-state index contributed by atoms with van der Waals surface area (Å²) in [7, 11) is -2.25. The van der Waals surface area contributed by atoms with Crippen LogP contribution in [-0.4, -0.2) is 15.9 Å². The molecule has 1 atom stereocenters. The van der Waals surface area contributed by atoms with Gasteiger partial charge in [0.2, 0.25) is 0 Å². The van der Waals surface area contributed by atoms with Crippen molar-refractivity contribution in [3.05, 3.63) is 0 Å². The first-order valence-electron chi connectivity index (χ1n) is 1.09. The van der Waals surface area contributed by atoms with E-state index in [2.05, 4.69) is 15.4 Å². The Labute approximate surface area is 48.4 Å². The smallest absolute Gasteiger partial charge is 0.266 e. The minimum absolute atomic E-state index is 0. The highest BCUT2D eigenvalue weighted by atomic mass is 32.9. The van der Waals surface area contributed by atoms with E-state index in [-0.39, 0.29) is 7.43 Å². The van der Waals surface area contributed by atoms with E-state index in [1.54, 1.807) is 0 Å². The summed E-state index contributed by atoms with van der Waals surface area (Å²) in [6.07, 6.45) is 0. The lowest BCUT2D eigenvalue weighted by atomic mass is 11.8. The van der Waals surface area contributed by atoms with Crippen LogP contribution in [0.25, 0.3) is 0 Å². The van der Waals surface area contributed by atoms with Crippen LogP contribution in [0.5, 0.6) is 0 Å². The van der Waals surface area contributed by atoms with Gasteiger partial charge in [0.05, 0.1) is 7.11 Å². The Bertz CT molecular complexity index is 113. The van der Waals surface area contributed by atoms with Gasteiger partial charge < -0.3 is 0 Å². The molecule has 0 fully saturated rings. The lowest BCUT2D eigenvalue weighted by Gasteiger charge is -1.86. The van der Waals surface area contributed by atoms with E-state index >= 15 is 0 Å². The van der Waals surface area contributed by atoms with Crippen LogP contribution >= 0.6 is 0 Å². The summed E-state index contributed by atoms with van der Waals surface area (Å²) in [6, 6.07) is 0. The standard InChI is InChI=1S/CH4O3S2.CH4/c1-4-6(2,3)5;/h1H3,(H,2,3,5);1H4. The molecule has 0 aliphatic carbocycles. The van der Waals surface area contributed by atoms with Gasteiger partial charge in [-0.3, -0.25) is 8.74 Å². The molecule has 0 saturated carbocycles. The van der Waals surface area contributed by atoms with Gasteiger partial charge in [-0.25, -0.2) is 0 Å². The van der Waals surface area contributed by atoms with Crippen molar-refractivity contribution in [2.45, 2.75) is 7.43 Å². The summed E-state index contributed by atoms with van der Waals surface area (Å²) in [5.41, 5.74) is 0. The highest BCUT2D eigenvalue weighted by Crippen LogP contribution is 1.76. The van der Waals surface area contributed by atoms with Crippen molar-refractivity contribution in [1.82, 2.24) is 0 Å². The van der Waals surface area contributed by atoms with Gasteiger partial charge in [-0.2, -0.15) is 4.21 Å². The molecule has 0 aliphatic heterocycles. The molecule has 0 bridgehead atoms. The second-order valence-corrected chi connectivity index (χ2v) is 3.05. The second-order valence-electron chi connectivity index (χ2n) is 0.594. The normalized spacial score (nSPS) is 16.9. The van der Waals surface area contributed by atoms with Crippen LogP contribution in [0.1, 0.15) is 7.43 Å². The van der Waals surface area contributed by atoms with Gasteiger partial charge in [0, 0.05) is 11.2 Å². The van der Waals surface area contributed by atoms with E-state index in [1.807, 2.05) is 0 Å². The molecule has 0 aromatic carbocycles. The SMILES string of the molecule is C.COS(=O)(O)=S. The maximum atomic E-state index is 9.70. The average Bonchev–Trinajstić information content (AvgIpc) is 1.35. The van der Waals surface area contributed by atoms with Gasteiger partial charge in [0.1, 0.15) is 0 Å². The van der Waals surface area contributed by atoms with Crippen molar-refractivity contribution >= 4 is 20.2 Å². The average molecular weight is 144 g/mol. The predicted molar refractivity (Wildman–Crippen MR) is 31.9 cm³/mol. The van der Waals surface area contributed by atoms with Gasteiger partial charge >= 0.3 is 0 Å². The van der Waals surface area contributed by atoms with Crippen LogP contribution < -0.4 is 0 Å². The summed E-state index contributed by atoms with van der Waals surface area (Å²) < 4.78 is 21.5. The Kier molecular flexibility index (Phi) is 4.88. The van der Waals surface area contributed by atoms with Crippen molar-refractivity contribution in [1.29, 1.82) is 0 Å². The second kappa shape index (κ2) is 3.31. The highest BCUT2D eigenvalue weighted by molar-refractivity contribution is 8.27. The Morgan fingerprint density at radius 2 is 2.00 bits per heavy atom. The van der Waals surface area contributed by atoms with Gasteiger partial charge in [0.25, 0.3) is 9.05 Å². The molecule has 0 amide bonds. The number of rotatable bonds is 1. The van der Waals surface area contributed by atoms with Crippen LogP contribution in [0.3, 0.4) is 0 Å². The number of hydrogen-bond donors (Lipinski definition) is 1. The molecule has 1 unspecified atom stereocenters. The van der Waals surface area contributed by atoms with Crippen LogP contribution in [0.2, 0.25) is 0 Å². The summed E-state index contributed by atoms with van der Waals surface area (Å²) in [6.45, 7) is 0. The Hall–Kier alpha value is 0.290. The maximum absolute atomic E-state index is 9.70. The summed E-state index contributed by atoms with van der Waals surface area (Å²) >= 11 is 3.85. The minimum Gasteiger partial charge on any atom is -0.285 e. The zero-order valence-corrected chi connectivity index (χ0v) is 4.71. The summed E-state index contributed by atoms with van der Waals surface area (Å²) in [4.78, 5) is 0. The third-order valence-electron chi connectivity index (χ3n) is 0.211. The molecule has 0 aromatic rings. The third-order valence-corrected chi connectivity index (χ3v) is 1.04. The Morgan fingerprint density at radius 1 is 1.86 bits per heavy atom. The van der Waals surface area contributed by atoms with Crippen molar-refractivity contribution in [3.8, 4) is 0 Å². The maximum Gasteiger partial charge on any atom is 0.266 e. The Balaban J connectivity index is 0. The molecule has 0 saturated heterocycles. The first-order valence-corrected chi connectivity index (χ1v) is 3.46. The van der Waals surface area contributed by atoms with Crippen molar-refractivity contribution < 1.29 is 12.9 Å². The van der Waals surface area contributed by atoms with E-state index in [0.29, 0.717) is 0 Å². The fourth-order valence-electron chi connectivity index (χ4n) is 0.